The zero-order chi connectivity index (χ0) is 19.0. The van der Waals surface area contributed by atoms with Crippen LogP contribution in [0.2, 0.25) is 0 Å². The average molecular weight is 496 g/mol. The Hall–Kier alpha value is -1.13. The van der Waals surface area contributed by atoms with E-state index in [9.17, 15) is 4.39 Å². The van der Waals surface area contributed by atoms with Gasteiger partial charge in [-0.2, -0.15) is 0 Å². The Morgan fingerprint density at radius 2 is 2.00 bits per heavy atom. The number of hydrogen-bond acceptors (Lipinski definition) is 4. The summed E-state index contributed by atoms with van der Waals surface area (Å²) in [7, 11) is 3.63. The fraction of sp³-hybridized carbons (Fsp3) is 0.632. The molecule has 0 radical (unpaired) electrons. The van der Waals surface area contributed by atoms with Gasteiger partial charge >= 0.3 is 0 Å². The minimum absolute atomic E-state index is 0. The van der Waals surface area contributed by atoms with Crippen LogP contribution in [0.5, 0.6) is 0 Å². The summed E-state index contributed by atoms with van der Waals surface area (Å²) in [5.74, 6) is 0.606. The molecule has 27 heavy (non-hydrogen) atoms. The summed E-state index contributed by atoms with van der Waals surface area (Å²) >= 11 is 0. The first-order valence-corrected chi connectivity index (χ1v) is 9.23. The number of hydrogen-bond donors (Lipinski definition) is 2. The number of nitrogens with one attached hydrogen (secondary N) is 2. The molecule has 1 aromatic carbocycles. The van der Waals surface area contributed by atoms with Gasteiger partial charge in [-0.1, -0.05) is 6.07 Å². The molecule has 0 heterocycles. The zero-order valence-electron chi connectivity index (χ0n) is 16.7. The van der Waals surface area contributed by atoms with E-state index in [1.54, 1.807) is 19.2 Å². The van der Waals surface area contributed by atoms with Crippen LogP contribution >= 0.6 is 24.0 Å². The normalized spacial score (nSPS) is 11.0. The highest BCUT2D eigenvalue weighted by atomic mass is 127. The van der Waals surface area contributed by atoms with Crippen molar-refractivity contribution >= 4 is 35.6 Å². The fourth-order valence-corrected chi connectivity index (χ4v) is 2.31. The van der Waals surface area contributed by atoms with E-state index in [-0.39, 0.29) is 29.8 Å². The second kappa shape index (κ2) is 17.0. The van der Waals surface area contributed by atoms with E-state index in [0.29, 0.717) is 26.4 Å². The van der Waals surface area contributed by atoms with Crippen molar-refractivity contribution in [3.05, 3.63) is 30.1 Å². The van der Waals surface area contributed by atoms with Crippen LogP contribution in [0.3, 0.4) is 0 Å². The van der Waals surface area contributed by atoms with Gasteiger partial charge in [-0.05, 0) is 38.0 Å². The van der Waals surface area contributed by atoms with Crippen LogP contribution in [0.15, 0.2) is 29.3 Å². The average Bonchev–Trinajstić information content (AvgIpc) is 2.64. The second-order valence-electron chi connectivity index (χ2n) is 5.90. The van der Waals surface area contributed by atoms with E-state index >= 15 is 0 Å². The lowest BCUT2D eigenvalue weighted by Crippen LogP contribution is -2.38. The molecule has 2 N–H and O–H groups in total. The van der Waals surface area contributed by atoms with Crippen LogP contribution in [0.1, 0.15) is 19.8 Å². The molecule has 0 unspecified atom stereocenters. The van der Waals surface area contributed by atoms with E-state index < -0.39 is 0 Å². The maximum Gasteiger partial charge on any atom is 0.191 e. The molecule has 1 aromatic rings. The highest BCUT2D eigenvalue weighted by Gasteiger charge is 2.02. The topological polar surface area (TPSA) is 58.1 Å². The summed E-state index contributed by atoms with van der Waals surface area (Å²) < 4.78 is 23.6. The highest BCUT2D eigenvalue weighted by molar-refractivity contribution is 14.0. The molecule has 0 bridgehead atoms. The minimum atomic E-state index is -0.211. The molecule has 0 saturated heterocycles. The van der Waals surface area contributed by atoms with Gasteiger partial charge in [-0.3, -0.25) is 4.99 Å². The molecule has 0 spiro atoms. The van der Waals surface area contributed by atoms with E-state index in [4.69, 9.17) is 9.47 Å². The molecule has 0 aliphatic heterocycles. The van der Waals surface area contributed by atoms with E-state index in [0.717, 1.165) is 44.1 Å². The van der Waals surface area contributed by atoms with E-state index in [1.165, 1.54) is 6.07 Å². The van der Waals surface area contributed by atoms with Gasteiger partial charge in [0.2, 0.25) is 0 Å². The van der Waals surface area contributed by atoms with Gasteiger partial charge in [0.1, 0.15) is 5.82 Å². The van der Waals surface area contributed by atoms with Crippen LogP contribution < -0.4 is 15.5 Å². The van der Waals surface area contributed by atoms with Crippen LogP contribution in [-0.2, 0) is 9.47 Å². The standard InChI is InChI=1S/C19H33FN4O2.HI/c1-4-21-19(23-11-7-13-26-15-14-25-3)22-10-6-12-24(2)18-9-5-8-17(20)16-18;/h5,8-9,16H,4,6-7,10-15H2,1-3H3,(H2,21,22,23);1H. The van der Waals surface area contributed by atoms with Crippen molar-refractivity contribution in [2.45, 2.75) is 19.8 Å². The SMILES string of the molecule is CCNC(=NCCCN(C)c1cccc(F)c1)NCCCOCCOC.I. The molecule has 156 valence electrons. The summed E-state index contributed by atoms with van der Waals surface area (Å²) in [5.41, 5.74) is 0.882. The largest absolute Gasteiger partial charge is 0.382 e. The molecule has 6 nitrogen and oxygen atoms in total. The number of guanidine groups is 1. The Kier molecular flexibility index (Phi) is 16.3. The smallest absolute Gasteiger partial charge is 0.191 e. The van der Waals surface area contributed by atoms with Crippen LogP contribution in [-0.4, -0.2) is 66.1 Å². The minimum Gasteiger partial charge on any atom is -0.382 e. The van der Waals surface area contributed by atoms with Gasteiger partial charge in [0.25, 0.3) is 0 Å². The molecule has 0 aliphatic carbocycles. The number of rotatable bonds is 13. The number of aliphatic imine (C=N–C) groups is 1. The monoisotopic (exact) mass is 496 g/mol. The Morgan fingerprint density at radius 1 is 1.19 bits per heavy atom. The first-order chi connectivity index (χ1) is 12.7. The molecule has 0 atom stereocenters. The third-order valence-corrected chi connectivity index (χ3v) is 3.70. The summed E-state index contributed by atoms with van der Waals surface area (Å²) in [6, 6.07) is 6.64. The molecule has 0 fully saturated rings. The molecule has 1 rings (SSSR count). The van der Waals surface area contributed by atoms with Gasteiger partial charge in [0.15, 0.2) is 5.96 Å². The lowest BCUT2D eigenvalue weighted by Gasteiger charge is -2.19. The van der Waals surface area contributed by atoms with Crippen molar-refractivity contribution in [3.8, 4) is 0 Å². The van der Waals surface area contributed by atoms with Gasteiger partial charge < -0.3 is 25.0 Å². The first kappa shape index (κ1) is 25.9. The number of halogens is 2. The van der Waals surface area contributed by atoms with Gasteiger partial charge in [-0.25, -0.2) is 4.39 Å². The van der Waals surface area contributed by atoms with Crippen molar-refractivity contribution < 1.29 is 13.9 Å². The summed E-state index contributed by atoms with van der Waals surface area (Å²) in [5, 5.41) is 6.54. The molecule has 0 aromatic heterocycles. The second-order valence-corrected chi connectivity index (χ2v) is 5.90. The van der Waals surface area contributed by atoms with Crippen LogP contribution in [0.4, 0.5) is 10.1 Å². The van der Waals surface area contributed by atoms with E-state index in [1.807, 2.05) is 24.9 Å². The fourth-order valence-electron chi connectivity index (χ4n) is 2.31. The maximum atomic E-state index is 13.3. The third kappa shape index (κ3) is 12.8. The molecule has 0 aliphatic rings. The van der Waals surface area contributed by atoms with Crippen LogP contribution in [0, 0.1) is 5.82 Å². The Bertz CT molecular complexity index is 520. The lowest BCUT2D eigenvalue weighted by molar-refractivity contribution is 0.0698. The van der Waals surface area contributed by atoms with Gasteiger partial charge in [0, 0.05) is 52.6 Å². The van der Waals surface area contributed by atoms with E-state index in [2.05, 4.69) is 15.6 Å². The molecular weight excluding hydrogens is 462 g/mol. The molecule has 0 amide bonds. The van der Waals surface area contributed by atoms with Gasteiger partial charge in [0.05, 0.1) is 13.2 Å². The quantitative estimate of drug-likeness (QED) is 0.191. The van der Waals surface area contributed by atoms with Crippen molar-refractivity contribution in [1.29, 1.82) is 0 Å². The van der Waals surface area contributed by atoms with Gasteiger partial charge in [-0.15, -0.1) is 24.0 Å². The lowest BCUT2D eigenvalue weighted by atomic mass is 10.2. The predicted molar refractivity (Wildman–Crippen MR) is 121 cm³/mol. The van der Waals surface area contributed by atoms with Crippen LogP contribution in [0.25, 0.3) is 0 Å². The number of anilines is 1. The maximum absolute atomic E-state index is 13.3. The number of methoxy groups -OCH3 is 1. The number of nitrogens with zero attached hydrogens (tertiary/aromatic N) is 2. The predicted octanol–water partition coefficient (Wildman–Crippen LogP) is 2.88. The molecule has 0 saturated carbocycles. The Balaban J connectivity index is 0.00000676. The molecular formula is C19H34FIN4O2. The Labute approximate surface area is 179 Å². The van der Waals surface area contributed by atoms with Crippen molar-refractivity contribution in [1.82, 2.24) is 10.6 Å². The Morgan fingerprint density at radius 3 is 2.70 bits per heavy atom. The van der Waals surface area contributed by atoms with Crippen molar-refractivity contribution in [2.24, 2.45) is 4.99 Å². The third-order valence-electron chi connectivity index (χ3n) is 3.70. The van der Waals surface area contributed by atoms with Crippen molar-refractivity contribution in [3.63, 3.8) is 0 Å². The first-order valence-electron chi connectivity index (χ1n) is 9.23. The van der Waals surface area contributed by atoms with Crippen molar-refractivity contribution in [2.75, 3.05) is 65.1 Å². The summed E-state index contributed by atoms with van der Waals surface area (Å²) in [6.07, 6.45) is 1.81. The highest BCUT2D eigenvalue weighted by Crippen LogP contribution is 2.13. The zero-order valence-corrected chi connectivity index (χ0v) is 19.0. The summed E-state index contributed by atoms with van der Waals surface area (Å²) in [4.78, 5) is 6.61. The molecule has 8 heteroatoms. The number of benzene rings is 1. The number of ether oxygens (including phenoxy) is 2. The summed E-state index contributed by atoms with van der Waals surface area (Å²) in [6.45, 7) is 7.16.